The summed E-state index contributed by atoms with van der Waals surface area (Å²) in [6.07, 6.45) is 5.61. The molecule has 0 amide bonds. The molecule has 1 unspecified atom stereocenters. The number of carbonyl (C=O) groups excluding carboxylic acids is 2. The fourth-order valence-electron chi connectivity index (χ4n) is 10.0. The molecule has 41 heavy (non-hydrogen) atoms. The van der Waals surface area contributed by atoms with Crippen molar-refractivity contribution in [2.75, 3.05) is 20.8 Å². The van der Waals surface area contributed by atoms with Gasteiger partial charge >= 0.3 is 11.9 Å². The molecule has 4 fully saturated rings. The molecule has 8 nitrogen and oxygen atoms in total. The van der Waals surface area contributed by atoms with Crippen molar-refractivity contribution in [2.24, 2.45) is 28.1 Å². The van der Waals surface area contributed by atoms with Crippen molar-refractivity contribution in [3.63, 3.8) is 0 Å². The van der Waals surface area contributed by atoms with Crippen LogP contribution in [0.2, 0.25) is 0 Å². The molecule has 6 rings (SSSR count). The Labute approximate surface area is 242 Å². The first-order valence-electron chi connectivity index (χ1n) is 14.9. The molecule has 1 aromatic rings. The molecule has 0 bridgehead atoms. The van der Waals surface area contributed by atoms with Crippen LogP contribution in [0.5, 0.6) is 0 Å². The maximum atomic E-state index is 13.3. The highest BCUT2D eigenvalue weighted by molar-refractivity contribution is 5.87. The Balaban J connectivity index is 1.55. The van der Waals surface area contributed by atoms with Gasteiger partial charge in [-0.05, 0) is 50.3 Å². The molecule has 5 aliphatic rings. The number of rotatable bonds is 6. The van der Waals surface area contributed by atoms with Gasteiger partial charge in [0, 0.05) is 53.6 Å². The number of methoxy groups -OCH3 is 2. The second-order valence-corrected chi connectivity index (χ2v) is 13.6. The standard InChI is InChI=1S/C33H44O8/c1-9-17(2)30(35)41-24-14-23(36-7)31(4)16-39-27-28(31)32(24,5)22(13-25(34)37-8)33(6)26-18(3)20(19-10-11-38-15-19)12-21(26)40-29(27)33/h9-11,15,20-24,27-29H,12-14,16H2,1-8H3/b17-9+/t20-,21-,22?,23-,24+,27-,28+,29-,31-,32+,33-/m1/s1. The summed E-state index contributed by atoms with van der Waals surface area (Å²) in [6.45, 7) is 13.0. The van der Waals surface area contributed by atoms with Gasteiger partial charge in [0.25, 0.3) is 0 Å². The zero-order chi connectivity index (χ0) is 29.5. The van der Waals surface area contributed by atoms with Crippen molar-refractivity contribution < 1.29 is 37.7 Å². The lowest BCUT2D eigenvalue weighted by Crippen LogP contribution is -2.71. The fourth-order valence-corrected chi connectivity index (χ4v) is 10.0. The highest BCUT2D eigenvalue weighted by Crippen LogP contribution is 2.74. The van der Waals surface area contributed by atoms with Crippen molar-refractivity contribution in [1.29, 1.82) is 0 Å². The van der Waals surface area contributed by atoms with Gasteiger partial charge in [-0.2, -0.15) is 0 Å². The van der Waals surface area contributed by atoms with Gasteiger partial charge in [0.05, 0.1) is 50.7 Å². The van der Waals surface area contributed by atoms with Gasteiger partial charge in [-0.25, -0.2) is 4.79 Å². The number of hydrogen-bond donors (Lipinski definition) is 0. The van der Waals surface area contributed by atoms with Crippen LogP contribution in [0.25, 0.3) is 0 Å². The average molecular weight is 569 g/mol. The maximum absolute atomic E-state index is 13.3. The third kappa shape index (κ3) is 3.75. The van der Waals surface area contributed by atoms with E-state index in [0.29, 0.717) is 18.6 Å². The van der Waals surface area contributed by atoms with Crippen LogP contribution < -0.4 is 0 Å². The van der Waals surface area contributed by atoms with E-state index < -0.39 is 16.9 Å². The fraction of sp³-hybridized carbons (Fsp3) is 0.697. The van der Waals surface area contributed by atoms with Crippen molar-refractivity contribution in [3.05, 3.63) is 47.0 Å². The Hall–Kier alpha value is -2.42. The van der Waals surface area contributed by atoms with E-state index in [9.17, 15) is 9.59 Å². The normalized spacial score (nSPS) is 44.8. The van der Waals surface area contributed by atoms with Gasteiger partial charge in [0.2, 0.25) is 0 Å². The molecule has 0 spiro atoms. The summed E-state index contributed by atoms with van der Waals surface area (Å²) >= 11 is 0. The minimum Gasteiger partial charge on any atom is -0.472 e. The Morgan fingerprint density at radius 2 is 1.90 bits per heavy atom. The molecule has 1 aromatic heterocycles. The molecule has 11 atom stereocenters. The van der Waals surface area contributed by atoms with E-state index in [1.54, 1.807) is 26.4 Å². The Morgan fingerprint density at radius 3 is 2.54 bits per heavy atom. The summed E-state index contributed by atoms with van der Waals surface area (Å²) in [6, 6.07) is 2.02. The Kier molecular flexibility index (Phi) is 6.87. The number of ether oxygens (including phenoxy) is 5. The molecule has 3 aliphatic carbocycles. The SMILES string of the molecule is C/C=C(\C)C(=O)O[C@H]1C[C@@H](OC)[C@@]2(C)CO[C@H]3[C@H]4O[C@@H]5C[C@@H](c6ccoc6)C(C)=C5[C@@]4(C)C(CC(=O)OC)[C@]1(C)[C@@H]32. The van der Waals surface area contributed by atoms with Gasteiger partial charge in [-0.3, -0.25) is 4.79 Å². The smallest absolute Gasteiger partial charge is 0.333 e. The molecular weight excluding hydrogens is 524 g/mol. The quantitative estimate of drug-likeness (QED) is 0.257. The van der Waals surface area contributed by atoms with Crippen LogP contribution in [0.3, 0.4) is 0 Å². The molecule has 3 heterocycles. The largest absolute Gasteiger partial charge is 0.472 e. The van der Waals surface area contributed by atoms with Crippen LogP contribution in [0.4, 0.5) is 0 Å². The molecule has 224 valence electrons. The molecule has 2 saturated heterocycles. The number of fused-ring (bicyclic) bond motifs is 4. The minimum absolute atomic E-state index is 0.0606. The van der Waals surface area contributed by atoms with E-state index >= 15 is 0 Å². The lowest BCUT2D eigenvalue weighted by atomic mass is 9.40. The van der Waals surface area contributed by atoms with Gasteiger partial charge in [-0.15, -0.1) is 0 Å². The third-order valence-corrected chi connectivity index (χ3v) is 12.0. The zero-order valence-corrected chi connectivity index (χ0v) is 25.5. The van der Waals surface area contributed by atoms with Crippen molar-refractivity contribution >= 4 is 11.9 Å². The number of hydrogen-bond acceptors (Lipinski definition) is 8. The topological polar surface area (TPSA) is 93.4 Å². The molecule has 8 heteroatoms. The van der Waals surface area contributed by atoms with Crippen LogP contribution in [0.15, 0.2) is 45.8 Å². The van der Waals surface area contributed by atoms with E-state index in [4.69, 9.17) is 28.1 Å². The van der Waals surface area contributed by atoms with Gasteiger partial charge in [0.1, 0.15) is 6.10 Å². The van der Waals surface area contributed by atoms with Crippen LogP contribution in [-0.2, 0) is 33.3 Å². The summed E-state index contributed by atoms with van der Waals surface area (Å²) < 4.78 is 37.0. The minimum atomic E-state index is -0.618. The van der Waals surface area contributed by atoms with Gasteiger partial charge < -0.3 is 28.1 Å². The summed E-state index contributed by atoms with van der Waals surface area (Å²) in [5.41, 5.74) is 2.71. The van der Waals surface area contributed by atoms with E-state index in [-0.39, 0.29) is 65.9 Å². The van der Waals surface area contributed by atoms with E-state index in [0.717, 1.165) is 12.0 Å². The van der Waals surface area contributed by atoms with Gasteiger partial charge in [0.15, 0.2) is 0 Å². The lowest BCUT2D eigenvalue weighted by molar-refractivity contribution is -0.251. The summed E-state index contributed by atoms with van der Waals surface area (Å²) in [5, 5.41) is 0. The first kappa shape index (κ1) is 28.7. The van der Waals surface area contributed by atoms with Crippen LogP contribution in [-0.4, -0.2) is 63.3 Å². The molecule has 0 N–H and O–H groups in total. The molecule has 2 saturated carbocycles. The zero-order valence-electron chi connectivity index (χ0n) is 25.5. The first-order valence-corrected chi connectivity index (χ1v) is 14.9. The van der Waals surface area contributed by atoms with E-state index in [1.165, 1.54) is 18.3 Å². The predicted molar refractivity (Wildman–Crippen MR) is 150 cm³/mol. The Bertz CT molecular complexity index is 1280. The van der Waals surface area contributed by atoms with Crippen LogP contribution >= 0.6 is 0 Å². The number of furan rings is 1. The predicted octanol–water partition coefficient (Wildman–Crippen LogP) is 5.37. The van der Waals surface area contributed by atoms with Gasteiger partial charge in [-0.1, -0.05) is 32.4 Å². The highest BCUT2D eigenvalue weighted by atomic mass is 16.6. The van der Waals surface area contributed by atoms with E-state index in [2.05, 4.69) is 27.7 Å². The average Bonchev–Trinajstić information content (AvgIpc) is 3.72. The molecule has 0 radical (unpaired) electrons. The maximum Gasteiger partial charge on any atom is 0.333 e. The van der Waals surface area contributed by atoms with Crippen LogP contribution in [0, 0.1) is 28.1 Å². The lowest BCUT2D eigenvalue weighted by Gasteiger charge is -2.65. The first-order chi connectivity index (χ1) is 19.5. The molecule has 2 aliphatic heterocycles. The van der Waals surface area contributed by atoms with E-state index in [1.807, 2.05) is 19.3 Å². The third-order valence-electron chi connectivity index (χ3n) is 12.0. The molecule has 0 aromatic carbocycles. The second kappa shape index (κ2) is 9.81. The summed E-state index contributed by atoms with van der Waals surface area (Å²) in [7, 11) is 3.16. The molecular formula is C33H44O8. The van der Waals surface area contributed by atoms with Crippen LogP contribution in [0.1, 0.15) is 72.3 Å². The van der Waals surface area contributed by atoms with Crippen molar-refractivity contribution in [2.45, 2.75) is 97.2 Å². The number of carbonyl (C=O) groups is 2. The highest BCUT2D eigenvalue weighted by Gasteiger charge is 2.78. The number of esters is 2. The number of allylic oxidation sites excluding steroid dienone is 2. The second-order valence-electron chi connectivity index (χ2n) is 13.6. The summed E-state index contributed by atoms with van der Waals surface area (Å²) in [4.78, 5) is 26.6. The summed E-state index contributed by atoms with van der Waals surface area (Å²) in [5.74, 6) is -0.719. The van der Waals surface area contributed by atoms with Crippen molar-refractivity contribution in [1.82, 2.24) is 0 Å². The monoisotopic (exact) mass is 568 g/mol. The Morgan fingerprint density at radius 1 is 1.15 bits per heavy atom. The van der Waals surface area contributed by atoms with Crippen molar-refractivity contribution in [3.8, 4) is 0 Å².